The largest absolute Gasteiger partial charge is 0.303 e. The first-order valence-electron chi connectivity index (χ1n) is 18.3. The van der Waals surface area contributed by atoms with Gasteiger partial charge in [-0.3, -0.25) is 4.99 Å². The van der Waals surface area contributed by atoms with Crippen LogP contribution in [-0.4, -0.2) is 27.6 Å². The van der Waals surface area contributed by atoms with E-state index >= 15 is 0 Å². The molecule has 0 saturated carbocycles. The molecule has 0 amide bonds. The van der Waals surface area contributed by atoms with Crippen molar-refractivity contribution in [2.24, 2.45) is 10.9 Å². The molecule has 2 aromatic heterocycles. The topological polar surface area (TPSA) is 42.5 Å². The average molecular weight is 659 g/mol. The van der Waals surface area contributed by atoms with Crippen molar-refractivity contribution in [1.82, 2.24) is 14.4 Å². The summed E-state index contributed by atoms with van der Waals surface area (Å²) < 4.78 is 2.07. The maximum absolute atomic E-state index is 5.00. The highest BCUT2D eigenvalue weighted by Crippen LogP contribution is 2.25. The van der Waals surface area contributed by atoms with Crippen LogP contribution in [0.3, 0.4) is 0 Å². The molecule has 4 heteroatoms. The van der Waals surface area contributed by atoms with Crippen molar-refractivity contribution in [2.45, 2.75) is 107 Å². The van der Waals surface area contributed by atoms with Gasteiger partial charge in [-0.2, -0.15) is 0 Å². The first kappa shape index (κ1) is 40.9. The van der Waals surface area contributed by atoms with Gasteiger partial charge in [-0.05, 0) is 74.4 Å². The summed E-state index contributed by atoms with van der Waals surface area (Å²) in [4.78, 5) is 13.6. The monoisotopic (exact) mass is 658 g/mol. The zero-order valence-corrected chi connectivity index (χ0v) is 32.2. The molecule has 49 heavy (non-hydrogen) atoms. The second-order valence-electron chi connectivity index (χ2n) is 12.7. The van der Waals surface area contributed by atoms with Crippen LogP contribution in [0.4, 0.5) is 0 Å². The van der Waals surface area contributed by atoms with Crippen LogP contribution in [-0.2, 0) is 12.8 Å². The van der Waals surface area contributed by atoms with Gasteiger partial charge in [0.1, 0.15) is 0 Å². The molecule has 0 radical (unpaired) electrons. The van der Waals surface area contributed by atoms with E-state index in [1.165, 1.54) is 53.5 Å². The Hall–Kier alpha value is -4.31. The van der Waals surface area contributed by atoms with Crippen LogP contribution in [0.5, 0.6) is 0 Å². The molecular formula is C45H62N4. The van der Waals surface area contributed by atoms with Crippen LogP contribution >= 0.6 is 0 Å². The van der Waals surface area contributed by atoms with Crippen molar-refractivity contribution < 1.29 is 0 Å². The lowest BCUT2D eigenvalue weighted by atomic mass is 9.90. The molecule has 1 aliphatic rings. The molecule has 2 aromatic carbocycles. The van der Waals surface area contributed by atoms with E-state index in [1.807, 2.05) is 32.6 Å². The highest BCUT2D eigenvalue weighted by molar-refractivity contribution is 5.79. The summed E-state index contributed by atoms with van der Waals surface area (Å²) in [6, 6.07) is 15.1. The molecule has 0 aliphatic heterocycles. The molecular weight excluding hydrogens is 597 g/mol. The Morgan fingerprint density at radius 3 is 2.29 bits per heavy atom. The Labute approximate surface area is 298 Å². The Morgan fingerprint density at radius 1 is 1.00 bits per heavy atom. The third-order valence-corrected chi connectivity index (χ3v) is 8.59. The number of unbranched alkanes of at least 4 members (excludes halogenated alkanes) is 2. The van der Waals surface area contributed by atoms with Gasteiger partial charge in [0.05, 0.1) is 11.4 Å². The third kappa shape index (κ3) is 13.3. The van der Waals surface area contributed by atoms with Crippen LogP contribution in [0.1, 0.15) is 115 Å². The minimum Gasteiger partial charge on any atom is -0.303 e. The van der Waals surface area contributed by atoms with E-state index in [4.69, 9.17) is 4.98 Å². The molecule has 0 bridgehead atoms. The van der Waals surface area contributed by atoms with Gasteiger partial charge in [0.2, 0.25) is 0 Å². The van der Waals surface area contributed by atoms with E-state index in [0.29, 0.717) is 5.92 Å². The maximum Gasteiger partial charge on any atom is 0.158 e. The van der Waals surface area contributed by atoms with Gasteiger partial charge < -0.3 is 4.40 Å². The van der Waals surface area contributed by atoms with Gasteiger partial charge in [0.15, 0.2) is 5.65 Å². The zero-order valence-electron chi connectivity index (χ0n) is 32.2. The Kier molecular flexibility index (Phi) is 18.6. The van der Waals surface area contributed by atoms with Crippen LogP contribution < -0.4 is 0 Å². The summed E-state index contributed by atoms with van der Waals surface area (Å²) in [6.45, 7) is 23.4. The van der Waals surface area contributed by atoms with E-state index in [2.05, 4.69) is 149 Å². The van der Waals surface area contributed by atoms with Crippen molar-refractivity contribution in [3.05, 3.63) is 131 Å². The summed E-state index contributed by atoms with van der Waals surface area (Å²) in [6.07, 6.45) is 24.9. The first-order chi connectivity index (χ1) is 23.6. The maximum atomic E-state index is 5.00. The second-order valence-corrected chi connectivity index (χ2v) is 12.7. The molecule has 0 saturated heterocycles. The van der Waals surface area contributed by atoms with Crippen molar-refractivity contribution in [1.29, 1.82) is 0 Å². The highest BCUT2D eigenvalue weighted by Gasteiger charge is 2.12. The van der Waals surface area contributed by atoms with Crippen LogP contribution in [0, 0.1) is 12.8 Å². The molecule has 1 unspecified atom stereocenters. The van der Waals surface area contributed by atoms with Gasteiger partial charge in [-0.15, -0.1) is 0 Å². The van der Waals surface area contributed by atoms with E-state index < -0.39 is 0 Å². The zero-order chi connectivity index (χ0) is 36.2. The Morgan fingerprint density at radius 2 is 1.71 bits per heavy atom. The summed E-state index contributed by atoms with van der Waals surface area (Å²) in [5, 5.41) is 0. The fraction of sp³-hybridized carbons (Fsp3) is 0.400. The molecule has 4 nitrogen and oxygen atoms in total. The number of hydrogen-bond acceptors (Lipinski definition) is 3. The standard InChI is InChI=1S/C25H25N3.C12H17N.2C4H10/c1-5-20-13-19(10-9-18(20)4)14-23-25-26-11-12-28(25)16-24(27-23)22-8-6-7-21(15-22)17(2)3;1-4-11(9-13-3)12-7-5-10(2)6-8-12;2*1-3-4-2/h6-13,15-16H,2,5,14H2,1,3-4H3;4-7,9,12H,8H2,1-3H3;2*3-4H2,1-2H3/b;11-4+,13-9?;;. The van der Waals surface area contributed by atoms with Crippen LogP contribution in [0.25, 0.3) is 22.5 Å². The van der Waals surface area contributed by atoms with E-state index in [1.54, 1.807) is 0 Å². The molecule has 0 N–H and O–H groups in total. The number of imidazole rings is 1. The third-order valence-electron chi connectivity index (χ3n) is 8.59. The normalized spacial score (nSPS) is 13.9. The average Bonchev–Trinajstić information content (AvgIpc) is 3.62. The number of aryl methyl sites for hydroxylation is 2. The summed E-state index contributed by atoms with van der Waals surface area (Å²) in [5.41, 5.74) is 12.8. The van der Waals surface area contributed by atoms with Gasteiger partial charge in [-0.1, -0.05) is 139 Å². The predicted molar refractivity (Wildman–Crippen MR) is 217 cm³/mol. The molecule has 4 aromatic rings. The second kappa shape index (κ2) is 22.3. The lowest BCUT2D eigenvalue weighted by molar-refractivity contribution is 0.791. The number of fused-ring (bicyclic) bond motifs is 1. The van der Waals surface area contributed by atoms with Gasteiger partial charge in [-0.25, -0.2) is 9.97 Å². The highest BCUT2D eigenvalue weighted by atomic mass is 15.0. The molecule has 1 atom stereocenters. The predicted octanol–water partition coefficient (Wildman–Crippen LogP) is 12.7. The quantitative estimate of drug-likeness (QED) is 0.168. The smallest absolute Gasteiger partial charge is 0.158 e. The van der Waals surface area contributed by atoms with Crippen molar-refractivity contribution in [3.63, 3.8) is 0 Å². The van der Waals surface area contributed by atoms with Gasteiger partial charge in [0, 0.05) is 49.8 Å². The van der Waals surface area contributed by atoms with Crippen molar-refractivity contribution in [2.75, 3.05) is 7.05 Å². The number of rotatable bonds is 9. The van der Waals surface area contributed by atoms with Crippen LogP contribution in [0.2, 0.25) is 0 Å². The summed E-state index contributed by atoms with van der Waals surface area (Å²) >= 11 is 0. The Bertz CT molecular complexity index is 1710. The number of aromatic nitrogens is 3. The SMILES string of the molecule is C/C=C(\C=NC)C1C=CC(C)=CC1.C=C(C)c1cccc(-c2cn3ccnc3c(Cc3ccc(C)c(CC)c3)n2)c1.CCCC.CCCC. The summed E-state index contributed by atoms with van der Waals surface area (Å²) in [7, 11) is 1.82. The van der Waals surface area contributed by atoms with Crippen LogP contribution in [0.15, 0.2) is 108 Å². The molecule has 2 heterocycles. The number of allylic oxidation sites excluding steroid dienone is 7. The molecule has 0 fully saturated rings. The lowest BCUT2D eigenvalue weighted by Gasteiger charge is -2.15. The number of benzene rings is 2. The van der Waals surface area contributed by atoms with Gasteiger partial charge >= 0.3 is 0 Å². The lowest BCUT2D eigenvalue weighted by Crippen LogP contribution is -2.04. The fourth-order valence-corrected chi connectivity index (χ4v) is 5.12. The number of hydrogen-bond donors (Lipinski definition) is 0. The van der Waals surface area contributed by atoms with E-state index in [9.17, 15) is 0 Å². The minimum absolute atomic E-state index is 0.525. The van der Waals surface area contributed by atoms with Gasteiger partial charge in [0.25, 0.3) is 0 Å². The molecule has 5 rings (SSSR count). The van der Waals surface area contributed by atoms with E-state index in [-0.39, 0.29) is 0 Å². The molecule has 262 valence electrons. The summed E-state index contributed by atoms with van der Waals surface area (Å²) in [5.74, 6) is 0.525. The minimum atomic E-state index is 0.525. The van der Waals surface area contributed by atoms with Crippen molar-refractivity contribution >= 4 is 17.4 Å². The fourth-order valence-electron chi connectivity index (χ4n) is 5.12. The van der Waals surface area contributed by atoms with E-state index in [0.717, 1.165) is 53.0 Å². The molecule has 1 aliphatic carbocycles. The molecule has 0 spiro atoms. The van der Waals surface area contributed by atoms with Crippen molar-refractivity contribution in [3.8, 4) is 11.3 Å². The Balaban J connectivity index is 0.000000328. The number of aliphatic imine (C=N–C) groups is 1. The number of nitrogens with zero attached hydrogens (tertiary/aromatic N) is 4. The first-order valence-corrected chi connectivity index (χ1v) is 18.3.